The average molecular weight is 421 g/mol. The molecule has 0 bridgehead atoms. The van der Waals surface area contributed by atoms with Gasteiger partial charge in [-0.3, -0.25) is 4.79 Å². The molecule has 1 heterocycles. The monoisotopic (exact) mass is 420 g/mol. The predicted octanol–water partition coefficient (Wildman–Crippen LogP) is 5.40. The van der Waals surface area contributed by atoms with Crippen molar-refractivity contribution in [3.8, 4) is 11.5 Å². The fourth-order valence-corrected chi connectivity index (χ4v) is 4.28. The Morgan fingerprint density at radius 3 is 2.40 bits per heavy atom. The van der Waals surface area contributed by atoms with Crippen LogP contribution in [-0.2, 0) is 4.79 Å². The largest absolute Gasteiger partial charge is 0.457 e. The van der Waals surface area contributed by atoms with E-state index in [9.17, 15) is 4.79 Å². The Bertz CT molecular complexity index is 1030. The third-order valence-electron chi connectivity index (χ3n) is 5.30. The quantitative estimate of drug-likeness (QED) is 0.494. The van der Waals surface area contributed by atoms with Gasteiger partial charge in [-0.1, -0.05) is 30.0 Å². The van der Waals surface area contributed by atoms with Crippen molar-refractivity contribution in [1.29, 1.82) is 0 Å². The molecule has 2 aliphatic rings. The SMILES string of the molecule is CC(Sc1nnc(C2CC2)n1C1CC1)C(=O)Nc1ccc(Oc2ccccc2)cc1. The molecule has 30 heavy (non-hydrogen) atoms. The Hall–Kier alpha value is -2.80. The van der Waals surface area contributed by atoms with Gasteiger partial charge in [0, 0.05) is 17.6 Å². The van der Waals surface area contributed by atoms with Crippen LogP contribution in [0.4, 0.5) is 5.69 Å². The first-order chi connectivity index (χ1) is 14.7. The lowest BCUT2D eigenvalue weighted by Crippen LogP contribution is -2.23. The highest BCUT2D eigenvalue weighted by atomic mass is 32.2. The Kier molecular flexibility index (Phi) is 5.21. The number of nitrogens with one attached hydrogen (secondary N) is 1. The summed E-state index contributed by atoms with van der Waals surface area (Å²) in [5, 5.41) is 12.4. The van der Waals surface area contributed by atoms with Crippen LogP contribution >= 0.6 is 11.8 Å². The maximum atomic E-state index is 12.7. The lowest BCUT2D eigenvalue weighted by molar-refractivity contribution is -0.115. The van der Waals surface area contributed by atoms with Gasteiger partial charge in [0.25, 0.3) is 0 Å². The third kappa shape index (κ3) is 4.36. The van der Waals surface area contributed by atoms with Crippen molar-refractivity contribution in [1.82, 2.24) is 14.8 Å². The number of nitrogens with zero attached hydrogens (tertiary/aromatic N) is 3. The second kappa shape index (κ2) is 8.14. The van der Waals surface area contributed by atoms with Crippen LogP contribution in [0.3, 0.4) is 0 Å². The molecule has 1 aromatic heterocycles. The minimum atomic E-state index is -0.265. The van der Waals surface area contributed by atoms with Gasteiger partial charge < -0.3 is 14.6 Å². The van der Waals surface area contributed by atoms with Gasteiger partial charge in [-0.25, -0.2) is 0 Å². The van der Waals surface area contributed by atoms with Gasteiger partial charge in [0.1, 0.15) is 17.3 Å². The van der Waals surface area contributed by atoms with Crippen LogP contribution in [0, 0.1) is 0 Å². The van der Waals surface area contributed by atoms with E-state index in [1.807, 2.05) is 61.5 Å². The molecule has 5 rings (SSSR count). The van der Waals surface area contributed by atoms with Crippen LogP contribution in [0.2, 0.25) is 0 Å². The molecule has 0 saturated heterocycles. The molecule has 0 radical (unpaired) electrons. The number of anilines is 1. The first-order valence-corrected chi connectivity index (χ1v) is 11.3. The molecule has 1 atom stereocenters. The number of hydrogen-bond acceptors (Lipinski definition) is 5. The van der Waals surface area contributed by atoms with Crippen molar-refractivity contribution < 1.29 is 9.53 Å². The van der Waals surface area contributed by atoms with E-state index in [1.165, 1.54) is 37.4 Å². The highest BCUT2D eigenvalue weighted by molar-refractivity contribution is 8.00. The maximum Gasteiger partial charge on any atom is 0.237 e. The summed E-state index contributed by atoms with van der Waals surface area (Å²) in [6.45, 7) is 1.91. The summed E-state index contributed by atoms with van der Waals surface area (Å²) in [6, 6.07) is 17.6. The molecular weight excluding hydrogens is 396 g/mol. The zero-order valence-corrected chi connectivity index (χ0v) is 17.6. The van der Waals surface area contributed by atoms with Gasteiger partial charge in [0.2, 0.25) is 5.91 Å². The number of carbonyl (C=O) groups is 1. The summed E-state index contributed by atoms with van der Waals surface area (Å²) in [6.07, 6.45) is 4.78. The molecular formula is C23H24N4O2S. The van der Waals surface area contributed by atoms with E-state index in [2.05, 4.69) is 20.1 Å². The average Bonchev–Trinajstić information content (AvgIpc) is 3.69. The van der Waals surface area contributed by atoms with Crippen LogP contribution in [0.25, 0.3) is 0 Å². The topological polar surface area (TPSA) is 69.0 Å². The number of ether oxygens (including phenoxy) is 1. The van der Waals surface area contributed by atoms with Crippen LogP contribution in [0.1, 0.15) is 50.4 Å². The maximum absolute atomic E-state index is 12.7. The summed E-state index contributed by atoms with van der Waals surface area (Å²) in [4.78, 5) is 12.7. The number of para-hydroxylation sites is 1. The number of hydrogen-bond donors (Lipinski definition) is 1. The summed E-state index contributed by atoms with van der Waals surface area (Å²) >= 11 is 1.49. The van der Waals surface area contributed by atoms with Crippen molar-refractivity contribution in [3.05, 3.63) is 60.4 Å². The van der Waals surface area contributed by atoms with E-state index in [0.717, 1.165) is 28.2 Å². The molecule has 0 aliphatic heterocycles. The molecule has 1 N–H and O–H groups in total. The molecule has 6 nitrogen and oxygen atoms in total. The summed E-state index contributed by atoms with van der Waals surface area (Å²) in [5.74, 6) is 3.14. The van der Waals surface area contributed by atoms with E-state index >= 15 is 0 Å². The van der Waals surface area contributed by atoms with E-state index in [1.54, 1.807) is 0 Å². The van der Waals surface area contributed by atoms with Gasteiger partial charge in [-0.15, -0.1) is 10.2 Å². The van der Waals surface area contributed by atoms with Gasteiger partial charge in [-0.2, -0.15) is 0 Å². The fourth-order valence-electron chi connectivity index (χ4n) is 3.35. The Morgan fingerprint density at radius 1 is 1.03 bits per heavy atom. The van der Waals surface area contributed by atoms with Crippen molar-refractivity contribution in [2.45, 2.75) is 55.0 Å². The minimum Gasteiger partial charge on any atom is -0.457 e. The van der Waals surface area contributed by atoms with Gasteiger partial charge in [0.05, 0.1) is 5.25 Å². The van der Waals surface area contributed by atoms with E-state index in [-0.39, 0.29) is 11.2 Å². The molecule has 2 saturated carbocycles. The molecule has 1 unspecified atom stereocenters. The lowest BCUT2D eigenvalue weighted by Gasteiger charge is -2.13. The fraction of sp³-hybridized carbons (Fsp3) is 0.348. The highest BCUT2D eigenvalue weighted by Crippen LogP contribution is 2.46. The first-order valence-electron chi connectivity index (χ1n) is 10.4. The molecule has 2 fully saturated rings. The third-order valence-corrected chi connectivity index (χ3v) is 6.35. The highest BCUT2D eigenvalue weighted by Gasteiger charge is 2.37. The lowest BCUT2D eigenvalue weighted by atomic mass is 10.3. The molecule has 2 aliphatic carbocycles. The predicted molar refractivity (Wildman–Crippen MR) is 117 cm³/mol. The number of rotatable bonds is 8. The number of benzene rings is 2. The van der Waals surface area contributed by atoms with Crippen molar-refractivity contribution in [2.75, 3.05) is 5.32 Å². The molecule has 154 valence electrons. The van der Waals surface area contributed by atoms with Crippen LogP contribution in [-0.4, -0.2) is 25.9 Å². The van der Waals surface area contributed by atoms with Gasteiger partial charge >= 0.3 is 0 Å². The van der Waals surface area contributed by atoms with E-state index in [0.29, 0.717) is 12.0 Å². The van der Waals surface area contributed by atoms with Crippen LogP contribution in [0.15, 0.2) is 59.8 Å². The molecule has 1 amide bonds. The Morgan fingerprint density at radius 2 is 1.73 bits per heavy atom. The second-order valence-corrected chi connectivity index (χ2v) is 9.21. The van der Waals surface area contributed by atoms with E-state index < -0.39 is 0 Å². The van der Waals surface area contributed by atoms with E-state index in [4.69, 9.17) is 4.74 Å². The van der Waals surface area contributed by atoms with Gasteiger partial charge in [0.15, 0.2) is 5.16 Å². The standard InChI is InChI=1S/C23H24N4O2S/c1-15(30-23-26-25-21(16-7-8-16)27(23)18-11-12-18)22(28)24-17-9-13-20(14-10-17)29-19-5-3-2-4-6-19/h2-6,9-10,13-16,18H,7-8,11-12H2,1H3,(H,24,28). The number of amides is 1. The normalized spacial score (nSPS) is 16.8. The first kappa shape index (κ1) is 19.2. The smallest absolute Gasteiger partial charge is 0.237 e. The number of carbonyl (C=O) groups excluding carboxylic acids is 1. The van der Waals surface area contributed by atoms with Crippen molar-refractivity contribution >= 4 is 23.4 Å². The zero-order valence-electron chi connectivity index (χ0n) is 16.8. The molecule has 0 spiro atoms. The Labute approximate surface area is 180 Å². The summed E-state index contributed by atoms with van der Waals surface area (Å²) < 4.78 is 8.08. The second-order valence-electron chi connectivity index (χ2n) is 7.91. The molecule has 3 aromatic rings. The molecule has 7 heteroatoms. The number of thioether (sulfide) groups is 1. The van der Waals surface area contributed by atoms with Crippen molar-refractivity contribution in [2.24, 2.45) is 0 Å². The minimum absolute atomic E-state index is 0.0463. The summed E-state index contributed by atoms with van der Waals surface area (Å²) in [5.41, 5.74) is 0.746. The molecule has 2 aromatic carbocycles. The van der Waals surface area contributed by atoms with Crippen LogP contribution in [0.5, 0.6) is 11.5 Å². The van der Waals surface area contributed by atoms with Crippen LogP contribution < -0.4 is 10.1 Å². The van der Waals surface area contributed by atoms with Gasteiger partial charge in [-0.05, 0) is 69.0 Å². The van der Waals surface area contributed by atoms with Crippen molar-refractivity contribution in [3.63, 3.8) is 0 Å². The Balaban J connectivity index is 1.20. The number of aromatic nitrogens is 3. The zero-order chi connectivity index (χ0) is 20.5. The summed E-state index contributed by atoms with van der Waals surface area (Å²) in [7, 11) is 0.